The van der Waals surface area contributed by atoms with Gasteiger partial charge in [-0.2, -0.15) is 0 Å². The maximum atomic E-state index is 10.9. The van der Waals surface area contributed by atoms with E-state index in [1.54, 1.807) is 0 Å². The fourth-order valence-electron chi connectivity index (χ4n) is 0.712. The van der Waals surface area contributed by atoms with Gasteiger partial charge in [-0.1, -0.05) is 6.92 Å². The van der Waals surface area contributed by atoms with E-state index >= 15 is 0 Å². The maximum Gasteiger partial charge on any atom is 0.303 e. The van der Waals surface area contributed by atoms with Gasteiger partial charge in [-0.05, 0) is 6.42 Å². The van der Waals surface area contributed by atoms with E-state index in [4.69, 9.17) is 5.11 Å². The molecule has 0 bridgehead atoms. The second-order valence-corrected chi connectivity index (χ2v) is 2.74. The Morgan fingerprint density at radius 2 is 1.50 bits per heavy atom. The van der Waals surface area contributed by atoms with Gasteiger partial charge in [0, 0.05) is 12.8 Å². The smallest absolute Gasteiger partial charge is 0.303 e. The summed E-state index contributed by atoms with van der Waals surface area (Å²) in [5, 5.41) is 8.26. The molecule has 0 fully saturated rings. The molecule has 0 atom stereocenters. The highest BCUT2D eigenvalue weighted by molar-refractivity contribution is 5.83. The third kappa shape index (κ3) is 7.08. The molecule has 14 heavy (non-hydrogen) atoms. The van der Waals surface area contributed by atoms with Crippen LogP contribution in [0.25, 0.3) is 0 Å². The van der Waals surface area contributed by atoms with E-state index in [2.05, 4.69) is 10.9 Å². The van der Waals surface area contributed by atoms with Crippen LogP contribution >= 0.6 is 0 Å². The second kappa shape index (κ2) is 6.88. The summed E-state index contributed by atoms with van der Waals surface area (Å²) in [7, 11) is 0. The molecule has 0 rings (SSSR count). The van der Waals surface area contributed by atoms with Crippen LogP contribution in [0.4, 0.5) is 0 Å². The lowest BCUT2D eigenvalue weighted by Gasteiger charge is -2.05. The number of hydrazine groups is 1. The maximum absolute atomic E-state index is 10.9. The van der Waals surface area contributed by atoms with Crippen molar-refractivity contribution in [3.8, 4) is 0 Å². The van der Waals surface area contributed by atoms with Crippen LogP contribution in [0.1, 0.15) is 32.6 Å². The molecule has 80 valence electrons. The average Bonchev–Trinajstić information content (AvgIpc) is 2.12. The molecule has 0 aromatic heterocycles. The number of hydrogen-bond donors (Lipinski definition) is 3. The number of carbonyl (C=O) groups is 3. The lowest BCUT2D eigenvalue weighted by atomic mass is 10.3. The molecule has 2 amide bonds. The summed E-state index contributed by atoms with van der Waals surface area (Å²) in [6.07, 6.45) is 0.646. The molecule has 3 N–H and O–H groups in total. The van der Waals surface area contributed by atoms with Gasteiger partial charge in [-0.3, -0.25) is 25.2 Å². The standard InChI is InChI=1S/C8H14N2O4/c1-2-3-6(11)9-10-7(12)4-5-8(13)14/h2-5H2,1H3,(H,9,11)(H,10,12)(H,13,14). The topological polar surface area (TPSA) is 95.5 Å². The van der Waals surface area contributed by atoms with Crippen LogP contribution < -0.4 is 10.9 Å². The summed E-state index contributed by atoms with van der Waals surface area (Å²) in [6.45, 7) is 1.84. The van der Waals surface area contributed by atoms with Crippen LogP contribution in [0.3, 0.4) is 0 Å². The van der Waals surface area contributed by atoms with Crippen molar-refractivity contribution in [3.63, 3.8) is 0 Å². The Balaban J connectivity index is 3.53. The third-order valence-corrected chi connectivity index (χ3v) is 1.38. The molecule has 0 aliphatic carbocycles. The molecule has 0 saturated heterocycles. The van der Waals surface area contributed by atoms with Crippen molar-refractivity contribution in [2.75, 3.05) is 0 Å². The fourth-order valence-corrected chi connectivity index (χ4v) is 0.712. The van der Waals surface area contributed by atoms with E-state index in [1.165, 1.54) is 0 Å². The van der Waals surface area contributed by atoms with E-state index in [-0.39, 0.29) is 18.7 Å². The lowest BCUT2D eigenvalue weighted by molar-refractivity contribution is -0.139. The molecule has 0 aliphatic heterocycles. The molecule has 0 aromatic rings. The molecule has 0 spiro atoms. The first-order valence-electron chi connectivity index (χ1n) is 4.35. The SMILES string of the molecule is CCCC(=O)NNC(=O)CCC(=O)O. The predicted octanol–water partition coefficient (Wildman–Crippen LogP) is -0.201. The van der Waals surface area contributed by atoms with Crippen molar-refractivity contribution in [1.29, 1.82) is 0 Å². The minimum absolute atomic E-state index is 0.137. The third-order valence-electron chi connectivity index (χ3n) is 1.38. The number of nitrogens with one attached hydrogen (secondary N) is 2. The summed E-state index contributed by atoms with van der Waals surface area (Å²) in [4.78, 5) is 31.8. The Kier molecular flexibility index (Phi) is 6.09. The first-order valence-corrected chi connectivity index (χ1v) is 4.35. The Labute approximate surface area is 81.6 Å². The highest BCUT2D eigenvalue weighted by Crippen LogP contribution is 1.88. The zero-order valence-electron chi connectivity index (χ0n) is 8.00. The molecule has 0 heterocycles. The van der Waals surface area contributed by atoms with Crippen LogP contribution in [0, 0.1) is 0 Å². The Morgan fingerprint density at radius 3 is 1.93 bits per heavy atom. The minimum Gasteiger partial charge on any atom is -0.481 e. The number of carboxylic acids is 1. The average molecular weight is 202 g/mol. The van der Waals surface area contributed by atoms with Crippen LogP contribution in [0.15, 0.2) is 0 Å². The van der Waals surface area contributed by atoms with E-state index in [0.717, 1.165) is 0 Å². The molecule has 0 radical (unpaired) electrons. The monoisotopic (exact) mass is 202 g/mol. The second-order valence-electron chi connectivity index (χ2n) is 2.74. The number of hydrogen-bond acceptors (Lipinski definition) is 3. The summed E-state index contributed by atoms with van der Waals surface area (Å²) in [5.41, 5.74) is 4.30. The van der Waals surface area contributed by atoms with Crippen molar-refractivity contribution < 1.29 is 19.5 Å². The number of carboxylic acid groups (broad SMARTS) is 1. The highest BCUT2D eigenvalue weighted by atomic mass is 16.4. The van der Waals surface area contributed by atoms with Gasteiger partial charge in [0.2, 0.25) is 11.8 Å². The summed E-state index contributed by atoms with van der Waals surface area (Å²) in [5.74, 6) is -1.83. The molecule has 6 heteroatoms. The van der Waals surface area contributed by atoms with Crippen molar-refractivity contribution in [1.82, 2.24) is 10.9 Å². The normalized spacial score (nSPS) is 9.21. The van der Waals surface area contributed by atoms with Crippen molar-refractivity contribution >= 4 is 17.8 Å². The molecule has 6 nitrogen and oxygen atoms in total. The number of rotatable bonds is 5. The van der Waals surface area contributed by atoms with Crippen LogP contribution in [0.2, 0.25) is 0 Å². The molecule has 0 aliphatic rings. The van der Waals surface area contributed by atoms with Gasteiger partial charge in [-0.15, -0.1) is 0 Å². The van der Waals surface area contributed by atoms with Gasteiger partial charge in [0.15, 0.2) is 0 Å². The highest BCUT2D eigenvalue weighted by Gasteiger charge is 2.05. The molecule has 0 saturated carbocycles. The Hall–Kier alpha value is -1.59. The van der Waals surface area contributed by atoms with Gasteiger partial charge in [-0.25, -0.2) is 0 Å². The van der Waals surface area contributed by atoms with Gasteiger partial charge in [0.25, 0.3) is 0 Å². The van der Waals surface area contributed by atoms with E-state index in [0.29, 0.717) is 12.8 Å². The first kappa shape index (κ1) is 12.4. The predicted molar refractivity (Wildman–Crippen MR) is 48.1 cm³/mol. The number of aliphatic carboxylic acids is 1. The van der Waals surface area contributed by atoms with Gasteiger partial charge in [0.1, 0.15) is 0 Å². The van der Waals surface area contributed by atoms with Crippen LogP contribution in [-0.2, 0) is 14.4 Å². The Bertz CT molecular complexity index is 227. The Morgan fingerprint density at radius 1 is 1.00 bits per heavy atom. The molecular formula is C8H14N2O4. The summed E-state index contributed by atoms with van der Waals surface area (Å²) in [6, 6.07) is 0. The quantitative estimate of drug-likeness (QED) is 0.538. The molecule has 0 unspecified atom stereocenters. The first-order chi connectivity index (χ1) is 6.56. The van der Waals surface area contributed by atoms with Gasteiger partial charge in [0.05, 0.1) is 6.42 Å². The van der Waals surface area contributed by atoms with Crippen molar-refractivity contribution in [2.45, 2.75) is 32.6 Å². The zero-order valence-corrected chi connectivity index (χ0v) is 8.00. The number of amides is 2. The van der Waals surface area contributed by atoms with E-state index in [1.807, 2.05) is 6.92 Å². The summed E-state index contributed by atoms with van der Waals surface area (Å²) < 4.78 is 0. The fraction of sp³-hybridized carbons (Fsp3) is 0.625. The number of carbonyl (C=O) groups excluding carboxylic acids is 2. The van der Waals surface area contributed by atoms with Crippen LogP contribution in [-0.4, -0.2) is 22.9 Å². The lowest BCUT2D eigenvalue weighted by Crippen LogP contribution is -2.41. The zero-order chi connectivity index (χ0) is 11.0. The molecule has 0 aromatic carbocycles. The van der Waals surface area contributed by atoms with Gasteiger partial charge < -0.3 is 5.11 Å². The largest absolute Gasteiger partial charge is 0.481 e. The van der Waals surface area contributed by atoms with Crippen molar-refractivity contribution in [2.24, 2.45) is 0 Å². The molecular weight excluding hydrogens is 188 g/mol. The van der Waals surface area contributed by atoms with Crippen LogP contribution in [0.5, 0.6) is 0 Å². The van der Waals surface area contributed by atoms with Gasteiger partial charge >= 0.3 is 5.97 Å². The van der Waals surface area contributed by atoms with E-state index < -0.39 is 11.9 Å². The van der Waals surface area contributed by atoms with Crippen molar-refractivity contribution in [3.05, 3.63) is 0 Å². The minimum atomic E-state index is -1.04. The van der Waals surface area contributed by atoms with E-state index in [9.17, 15) is 14.4 Å². The summed E-state index contributed by atoms with van der Waals surface area (Å²) >= 11 is 0.